The van der Waals surface area contributed by atoms with E-state index in [1.165, 1.54) is 7.11 Å². The summed E-state index contributed by atoms with van der Waals surface area (Å²) in [6.45, 7) is 2.67. The summed E-state index contributed by atoms with van der Waals surface area (Å²) in [4.78, 5) is 35.3. The summed E-state index contributed by atoms with van der Waals surface area (Å²) < 4.78 is 10.6. The Hall–Kier alpha value is -4.17. The number of Topliss-reactive ketones (excluding diaryl/α,β-unsaturated/α-hetero) is 1. The van der Waals surface area contributed by atoms with Gasteiger partial charge in [-0.15, -0.1) is 5.06 Å². The largest absolute Gasteiger partial charge is 0.465 e. The van der Waals surface area contributed by atoms with Crippen molar-refractivity contribution in [3.63, 3.8) is 0 Å². The van der Waals surface area contributed by atoms with Gasteiger partial charge >= 0.3 is 5.97 Å². The summed E-state index contributed by atoms with van der Waals surface area (Å²) in [5.74, 6) is 0.243. The predicted molar refractivity (Wildman–Crippen MR) is 135 cm³/mol. The number of para-hydroxylation sites is 1. The van der Waals surface area contributed by atoms with Crippen molar-refractivity contribution in [2.24, 2.45) is 0 Å². The van der Waals surface area contributed by atoms with E-state index in [1.807, 2.05) is 49.4 Å². The van der Waals surface area contributed by atoms with E-state index in [-0.39, 0.29) is 18.2 Å². The standard InChI is InChI=1S/C28H27N3O5/c1-18-6-3-4-7-22(18)29-28-30-23-14-9-19(17-26(23)35-28)16-25(32)24-8-5-15-31(24)36-21-12-10-20(11-13-21)27(33)34-2/h3-4,6-7,9-14,17,24H,5,8,15-16H2,1-2H3,(H,29,30)/t24-/m1/s1. The van der Waals surface area contributed by atoms with Crippen LogP contribution in [0.2, 0.25) is 0 Å². The molecule has 8 heteroatoms. The minimum atomic E-state index is -0.405. The molecule has 0 spiro atoms. The highest BCUT2D eigenvalue weighted by Gasteiger charge is 2.32. The highest BCUT2D eigenvalue weighted by molar-refractivity contribution is 5.89. The number of methoxy groups -OCH3 is 1. The van der Waals surface area contributed by atoms with E-state index >= 15 is 0 Å². The van der Waals surface area contributed by atoms with Crippen LogP contribution in [-0.4, -0.2) is 41.5 Å². The van der Waals surface area contributed by atoms with Crippen molar-refractivity contribution in [1.82, 2.24) is 10.0 Å². The molecule has 1 saturated heterocycles. The Kier molecular flexibility index (Phi) is 6.69. The van der Waals surface area contributed by atoms with Crippen LogP contribution in [0.3, 0.4) is 0 Å². The zero-order chi connectivity index (χ0) is 25.1. The van der Waals surface area contributed by atoms with E-state index < -0.39 is 5.97 Å². The molecule has 184 valence electrons. The average Bonchev–Trinajstić information content (AvgIpc) is 3.51. The molecule has 1 aliphatic heterocycles. The molecule has 3 aromatic carbocycles. The summed E-state index contributed by atoms with van der Waals surface area (Å²) in [6, 6.07) is 20.3. The van der Waals surface area contributed by atoms with E-state index in [4.69, 9.17) is 14.0 Å². The lowest BCUT2D eigenvalue weighted by Crippen LogP contribution is -2.39. The van der Waals surface area contributed by atoms with Crippen molar-refractivity contribution in [3.05, 3.63) is 83.4 Å². The molecule has 0 saturated carbocycles. The number of hydrogen-bond donors (Lipinski definition) is 1. The molecule has 8 nitrogen and oxygen atoms in total. The van der Waals surface area contributed by atoms with Crippen LogP contribution in [0.5, 0.6) is 5.75 Å². The van der Waals surface area contributed by atoms with Gasteiger partial charge in [-0.25, -0.2) is 4.79 Å². The number of ether oxygens (including phenoxy) is 1. The zero-order valence-corrected chi connectivity index (χ0v) is 20.2. The number of aryl methyl sites for hydroxylation is 1. The number of benzene rings is 3. The molecule has 1 N–H and O–H groups in total. The number of nitrogens with one attached hydrogen (secondary N) is 1. The smallest absolute Gasteiger partial charge is 0.337 e. The molecule has 4 aromatic rings. The summed E-state index contributed by atoms with van der Waals surface area (Å²) >= 11 is 0. The minimum absolute atomic E-state index is 0.0794. The van der Waals surface area contributed by atoms with Gasteiger partial charge in [0.05, 0.1) is 12.7 Å². The number of esters is 1. The number of fused-ring (bicyclic) bond motifs is 1. The number of nitrogens with zero attached hydrogens (tertiary/aromatic N) is 2. The van der Waals surface area contributed by atoms with Crippen LogP contribution in [0.1, 0.15) is 34.3 Å². The summed E-state index contributed by atoms with van der Waals surface area (Å²) in [7, 11) is 1.34. The van der Waals surface area contributed by atoms with Crippen LogP contribution < -0.4 is 10.2 Å². The van der Waals surface area contributed by atoms with Gasteiger partial charge in [0.1, 0.15) is 17.3 Å². The first-order valence-corrected chi connectivity index (χ1v) is 11.9. The van der Waals surface area contributed by atoms with Crippen molar-refractivity contribution in [3.8, 4) is 5.75 Å². The summed E-state index contributed by atoms with van der Waals surface area (Å²) in [5.41, 5.74) is 4.68. The molecule has 0 amide bonds. The molecule has 0 aliphatic carbocycles. The monoisotopic (exact) mass is 485 g/mol. The van der Waals surface area contributed by atoms with E-state index in [0.717, 1.165) is 35.2 Å². The Bertz CT molecular complexity index is 1400. The van der Waals surface area contributed by atoms with Crippen LogP contribution in [0, 0.1) is 6.92 Å². The van der Waals surface area contributed by atoms with Gasteiger partial charge in [0.25, 0.3) is 6.01 Å². The maximum atomic E-state index is 13.2. The topological polar surface area (TPSA) is 93.9 Å². The van der Waals surface area contributed by atoms with E-state index in [0.29, 0.717) is 29.5 Å². The Labute approximate surface area is 208 Å². The summed E-state index contributed by atoms with van der Waals surface area (Å²) in [5, 5.41) is 4.94. The number of rotatable bonds is 8. The van der Waals surface area contributed by atoms with Crippen LogP contribution in [0.25, 0.3) is 11.1 Å². The highest BCUT2D eigenvalue weighted by atomic mass is 16.7. The molecular weight excluding hydrogens is 458 g/mol. The van der Waals surface area contributed by atoms with Gasteiger partial charge in [-0.2, -0.15) is 4.98 Å². The van der Waals surface area contributed by atoms with Crippen LogP contribution in [-0.2, 0) is 16.0 Å². The fourth-order valence-electron chi connectivity index (χ4n) is 4.36. The predicted octanol–water partition coefficient (Wildman–Crippen LogP) is 5.24. The maximum Gasteiger partial charge on any atom is 0.337 e. The Morgan fingerprint density at radius 3 is 2.69 bits per heavy atom. The van der Waals surface area contributed by atoms with Crippen molar-refractivity contribution in [2.75, 3.05) is 19.0 Å². The van der Waals surface area contributed by atoms with Crippen molar-refractivity contribution in [1.29, 1.82) is 0 Å². The third-order valence-electron chi connectivity index (χ3n) is 6.29. The van der Waals surface area contributed by atoms with Crippen LogP contribution in [0.4, 0.5) is 11.7 Å². The molecule has 1 aliphatic rings. The van der Waals surface area contributed by atoms with Gasteiger partial charge in [-0.1, -0.05) is 24.3 Å². The molecule has 5 rings (SSSR count). The van der Waals surface area contributed by atoms with Gasteiger partial charge in [0.2, 0.25) is 0 Å². The molecule has 1 fully saturated rings. The lowest BCUT2D eigenvalue weighted by molar-refractivity contribution is -0.135. The second-order valence-corrected chi connectivity index (χ2v) is 8.81. The second-order valence-electron chi connectivity index (χ2n) is 8.81. The molecule has 1 aromatic heterocycles. The van der Waals surface area contributed by atoms with E-state index in [1.54, 1.807) is 29.3 Å². The molecule has 2 heterocycles. The van der Waals surface area contributed by atoms with E-state index in [9.17, 15) is 9.59 Å². The first kappa shape index (κ1) is 23.6. The Morgan fingerprint density at radius 1 is 1.11 bits per heavy atom. The molecule has 36 heavy (non-hydrogen) atoms. The van der Waals surface area contributed by atoms with Gasteiger partial charge in [0, 0.05) is 18.7 Å². The lowest BCUT2D eigenvalue weighted by atomic mass is 10.0. The van der Waals surface area contributed by atoms with Gasteiger partial charge < -0.3 is 19.3 Å². The van der Waals surface area contributed by atoms with Gasteiger partial charge in [-0.3, -0.25) is 4.79 Å². The fraction of sp³-hybridized carbons (Fsp3) is 0.250. The SMILES string of the molecule is COC(=O)c1ccc(ON2CCC[C@@H]2C(=O)Cc2ccc3nc(Nc4ccccc4C)oc3c2)cc1. The lowest BCUT2D eigenvalue weighted by Gasteiger charge is -2.23. The number of hydroxylamine groups is 2. The van der Waals surface area contributed by atoms with Gasteiger partial charge in [-0.05, 0) is 73.4 Å². The third kappa shape index (κ3) is 5.08. The average molecular weight is 486 g/mol. The second kappa shape index (κ2) is 10.2. The first-order valence-electron chi connectivity index (χ1n) is 11.9. The molecule has 1 atom stereocenters. The van der Waals surface area contributed by atoms with Crippen molar-refractivity contribution < 1.29 is 23.6 Å². The third-order valence-corrected chi connectivity index (χ3v) is 6.29. The number of carbonyl (C=O) groups excluding carboxylic acids is 2. The number of hydrogen-bond acceptors (Lipinski definition) is 8. The van der Waals surface area contributed by atoms with Crippen LogP contribution in [0.15, 0.2) is 71.1 Å². The zero-order valence-electron chi connectivity index (χ0n) is 20.2. The first-order chi connectivity index (χ1) is 17.5. The number of ketones is 1. The number of oxazole rings is 1. The number of anilines is 2. The van der Waals surface area contributed by atoms with E-state index in [2.05, 4.69) is 10.3 Å². The fourth-order valence-corrected chi connectivity index (χ4v) is 4.36. The quantitative estimate of drug-likeness (QED) is 0.339. The number of carbonyl (C=O) groups is 2. The Morgan fingerprint density at radius 2 is 1.92 bits per heavy atom. The molecular formula is C28H27N3O5. The molecule has 0 unspecified atom stereocenters. The number of aromatic nitrogens is 1. The van der Waals surface area contributed by atoms with Gasteiger partial charge in [0.15, 0.2) is 11.4 Å². The van der Waals surface area contributed by atoms with Crippen molar-refractivity contribution >= 4 is 34.6 Å². The van der Waals surface area contributed by atoms with Crippen molar-refractivity contribution in [2.45, 2.75) is 32.2 Å². The minimum Gasteiger partial charge on any atom is -0.465 e. The molecule has 0 bridgehead atoms. The van der Waals surface area contributed by atoms with Crippen LogP contribution >= 0.6 is 0 Å². The highest BCUT2D eigenvalue weighted by Crippen LogP contribution is 2.27. The summed E-state index contributed by atoms with van der Waals surface area (Å²) in [6.07, 6.45) is 1.86. The molecule has 0 radical (unpaired) electrons. The maximum absolute atomic E-state index is 13.2. The normalized spacial score (nSPS) is 15.7. The Balaban J connectivity index is 1.25.